The van der Waals surface area contributed by atoms with Crippen molar-refractivity contribution in [3.05, 3.63) is 0 Å². The molecule has 2 N–H and O–H groups in total. The monoisotopic (exact) mass is 238 g/mol. The highest BCUT2D eigenvalue weighted by atomic mass is 16.2. The third kappa shape index (κ3) is 3.21. The summed E-state index contributed by atoms with van der Waals surface area (Å²) in [5, 5.41) is 0. The summed E-state index contributed by atoms with van der Waals surface area (Å²) in [5.74, 6) is 1.18. The van der Waals surface area contributed by atoms with E-state index in [2.05, 4.69) is 4.90 Å². The summed E-state index contributed by atoms with van der Waals surface area (Å²) in [6.07, 6.45) is 10.5. The van der Waals surface area contributed by atoms with E-state index in [1.54, 1.807) is 0 Å². The Labute approximate surface area is 105 Å². The maximum Gasteiger partial charge on any atom is 0.222 e. The summed E-state index contributed by atoms with van der Waals surface area (Å²) in [6, 6.07) is 0.572. The Balaban J connectivity index is 1.83. The van der Waals surface area contributed by atoms with E-state index < -0.39 is 0 Å². The summed E-state index contributed by atoms with van der Waals surface area (Å²) >= 11 is 0. The van der Waals surface area contributed by atoms with Gasteiger partial charge in [0.25, 0.3) is 0 Å². The molecule has 1 saturated carbocycles. The van der Waals surface area contributed by atoms with E-state index in [9.17, 15) is 4.79 Å². The zero-order valence-electron chi connectivity index (χ0n) is 10.9. The van der Waals surface area contributed by atoms with Crippen molar-refractivity contribution in [1.82, 2.24) is 4.90 Å². The maximum absolute atomic E-state index is 12.2. The van der Waals surface area contributed by atoms with E-state index >= 15 is 0 Å². The number of amides is 1. The molecule has 2 fully saturated rings. The number of unbranched alkanes of at least 4 members (excludes halogenated alkanes) is 1. The second kappa shape index (κ2) is 6.39. The smallest absolute Gasteiger partial charge is 0.222 e. The predicted octanol–water partition coefficient (Wildman–Crippen LogP) is 2.30. The Kier molecular flexibility index (Phi) is 4.84. The van der Waals surface area contributed by atoms with Crippen LogP contribution in [-0.4, -0.2) is 29.9 Å². The van der Waals surface area contributed by atoms with E-state index in [-0.39, 0.29) is 0 Å². The highest BCUT2D eigenvalue weighted by molar-refractivity contribution is 5.76. The Morgan fingerprint density at radius 2 is 1.88 bits per heavy atom. The van der Waals surface area contributed by atoms with Gasteiger partial charge in [0.1, 0.15) is 0 Å². The molecule has 3 nitrogen and oxygen atoms in total. The molecule has 1 aliphatic heterocycles. The molecule has 1 atom stereocenters. The summed E-state index contributed by atoms with van der Waals surface area (Å²) in [6.45, 7) is 1.71. The van der Waals surface area contributed by atoms with Crippen molar-refractivity contribution in [3.63, 3.8) is 0 Å². The van der Waals surface area contributed by atoms with Gasteiger partial charge in [-0.15, -0.1) is 0 Å². The molecule has 1 amide bonds. The predicted molar refractivity (Wildman–Crippen MR) is 69.6 cm³/mol. The lowest BCUT2D eigenvalue weighted by Gasteiger charge is -2.29. The van der Waals surface area contributed by atoms with E-state index in [0.717, 1.165) is 25.3 Å². The SMILES string of the molecule is NCCCCC(=O)N1CCCC1C1CCCC1. The van der Waals surface area contributed by atoms with Crippen molar-refractivity contribution < 1.29 is 4.79 Å². The van der Waals surface area contributed by atoms with Gasteiger partial charge < -0.3 is 10.6 Å². The molecular weight excluding hydrogens is 212 g/mol. The first-order chi connectivity index (χ1) is 8.33. The number of rotatable bonds is 5. The summed E-state index contributed by atoms with van der Waals surface area (Å²) in [4.78, 5) is 14.4. The second-order valence-corrected chi connectivity index (χ2v) is 5.59. The van der Waals surface area contributed by atoms with Crippen LogP contribution in [0.3, 0.4) is 0 Å². The van der Waals surface area contributed by atoms with Crippen molar-refractivity contribution >= 4 is 5.91 Å². The quantitative estimate of drug-likeness (QED) is 0.747. The minimum Gasteiger partial charge on any atom is -0.339 e. The lowest BCUT2D eigenvalue weighted by Crippen LogP contribution is -2.39. The third-order valence-corrected chi connectivity index (χ3v) is 4.41. The largest absolute Gasteiger partial charge is 0.339 e. The molecule has 0 aromatic heterocycles. The maximum atomic E-state index is 12.2. The van der Waals surface area contributed by atoms with Crippen LogP contribution < -0.4 is 5.73 Å². The van der Waals surface area contributed by atoms with Crippen LogP contribution in [0.1, 0.15) is 57.8 Å². The third-order valence-electron chi connectivity index (χ3n) is 4.41. The average Bonchev–Trinajstić information content (AvgIpc) is 2.99. The highest BCUT2D eigenvalue weighted by Gasteiger charge is 2.35. The van der Waals surface area contributed by atoms with Gasteiger partial charge in [-0.05, 0) is 51.0 Å². The molecule has 2 rings (SSSR count). The van der Waals surface area contributed by atoms with Gasteiger partial charge in [-0.2, -0.15) is 0 Å². The van der Waals surface area contributed by atoms with Gasteiger partial charge in [-0.1, -0.05) is 12.8 Å². The Bertz CT molecular complexity index is 249. The van der Waals surface area contributed by atoms with Crippen LogP contribution in [0.15, 0.2) is 0 Å². The number of nitrogens with zero attached hydrogens (tertiary/aromatic N) is 1. The van der Waals surface area contributed by atoms with E-state index in [1.807, 2.05) is 0 Å². The first-order valence-corrected chi connectivity index (χ1v) is 7.32. The fourth-order valence-corrected chi connectivity index (χ4v) is 3.50. The molecule has 17 heavy (non-hydrogen) atoms. The first-order valence-electron chi connectivity index (χ1n) is 7.32. The molecule has 0 aromatic carbocycles. The van der Waals surface area contributed by atoms with Gasteiger partial charge in [-0.3, -0.25) is 4.79 Å². The summed E-state index contributed by atoms with van der Waals surface area (Å²) in [7, 11) is 0. The molecule has 1 unspecified atom stereocenters. The fourth-order valence-electron chi connectivity index (χ4n) is 3.50. The highest BCUT2D eigenvalue weighted by Crippen LogP contribution is 2.35. The Morgan fingerprint density at radius 3 is 2.59 bits per heavy atom. The Hall–Kier alpha value is -0.570. The number of carbonyl (C=O) groups is 1. The normalized spacial score (nSPS) is 25.7. The van der Waals surface area contributed by atoms with Gasteiger partial charge in [0, 0.05) is 19.0 Å². The van der Waals surface area contributed by atoms with Crippen LogP contribution in [0.4, 0.5) is 0 Å². The minimum absolute atomic E-state index is 0.382. The molecular formula is C14H26N2O. The second-order valence-electron chi connectivity index (χ2n) is 5.59. The van der Waals surface area contributed by atoms with Gasteiger partial charge in [-0.25, -0.2) is 0 Å². The molecule has 0 bridgehead atoms. The van der Waals surface area contributed by atoms with Crippen LogP contribution >= 0.6 is 0 Å². The van der Waals surface area contributed by atoms with E-state index in [0.29, 0.717) is 24.9 Å². The van der Waals surface area contributed by atoms with Gasteiger partial charge in [0.2, 0.25) is 5.91 Å². The molecule has 3 heteroatoms. The summed E-state index contributed by atoms with van der Waals surface area (Å²) < 4.78 is 0. The fraction of sp³-hybridized carbons (Fsp3) is 0.929. The molecule has 1 saturated heterocycles. The van der Waals surface area contributed by atoms with Crippen LogP contribution in [0.2, 0.25) is 0 Å². The van der Waals surface area contributed by atoms with Crippen LogP contribution in [0.25, 0.3) is 0 Å². The van der Waals surface area contributed by atoms with Crippen molar-refractivity contribution in [3.8, 4) is 0 Å². The zero-order chi connectivity index (χ0) is 12.1. The van der Waals surface area contributed by atoms with Gasteiger partial charge in [0.05, 0.1) is 0 Å². The average molecular weight is 238 g/mol. The molecule has 1 heterocycles. The molecule has 0 spiro atoms. The van der Waals surface area contributed by atoms with Crippen LogP contribution in [0.5, 0.6) is 0 Å². The van der Waals surface area contributed by atoms with Gasteiger partial charge in [0.15, 0.2) is 0 Å². The minimum atomic E-state index is 0.382. The van der Waals surface area contributed by atoms with Crippen molar-refractivity contribution in [1.29, 1.82) is 0 Å². The number of likely N-dealkylation sites (tertiary alicyclic amines) is 1. The number of carbonyl (C=O) groups excluding carboxylic acids is 1. The zero-order valence-corrected chi connectivity index (χ0v) is 10.9. The molecule has 0 aromatic rings. The Morgan fingerprint density at radius 1 is 1.12 bits per heavy atom. The number of hydrogen-bond donors (Lipinski definition) is 1. The molecule has 2 aliphatic rings. The van der Waals surface area contributed by atoms with Crippen molar-refractivity contribution in [2.24, 2.45) is 11.7 Å². The summed E-state index contributed by atoms with van der Waals surface area (Å²) in [5.41, 5.74) is 5.47. The lowest BCUT2D eigenvalue weighted by molar-refractivity contribution is -0.133. The van der Waals surface area contributed by atoms with E-state index in [1.165, 1.54) is 38.5 Å². The molecule has 1 aliphatic carbocycles. The van der Waals surface area contributed by atoms with E-state index in [4.69, 9.17) is 5.73 Å². The van der Waals surface area contributed by atoms with Crippen LogP contribution in [0, 0.1) is 5.92 Å². The van der Waals surface area contributed by atoms with Gasteiger partial charge >= 0.3 is 0 Å². The van der Waals surface area contributed by atoms with Crippen molar-refractivity contribution in [2.45, 2.75) is 63.8 Å². The number of hydrogen-bond acceptors (Lipinski definition) is 2. The standard InChI is InChI=1S/C14H26N2O/c15-10-4-3-9-14(17)16-11-5-8-13(16)12-6-1-2-7-12/h12-13H,1-11,15H2. The molecule has 98 valence electrons. The van der Waals surface area contributed by atoms with Crippen molar-refractivity contribution in [2.75, 3.05) is 13.1 Å². The topological polar surface area (TPSA) is 46.3 Å². The van der Waals surface area contributed by atoms with Crippen LogP contribution in [-0.2, 0) is 4.79 Å². The number of nitrogens with two attached hydrogens (primary N) is 1. The molecule has 0 radical (unpaired) electrons. The lowest BCUT2D eigenvalue weighted by atomic mass is 9.96. The first kappa shape index (κ1) is 12.9.